The number of hydrogen-bond donors (Lipinski definition) is 1. The molecule has 1 N–H and O–H groups in total. The van der Waals surface area contributed by atoms with Crippen LogP contribution in [0.15, 0.2) is 59.6 Å². The van der Waals surface area contributed by atoms with E-state index in [1.54, 1.807) is 37.4 Å². The molecule has 0 bridgehead atoms. The normalized spacial score (nSPS) is 11.2. The van der Waals surface area contributed by atoms with Crippen molar-refractivity contribution in [3.63, 3.8) is 0 Å². The van der Waals surface area contributed by atoms with Crippen molar-refractivity contribution < 1.29 is 18.1 Å². The summed E-state index contributed by atoms with van der Waals surface area (Å²) in [4.78, 5) is 14.8. The predicted octanol–water partition coefficient (Wildman–Crippen LogP) is 4.76. The van der Waals surface area contributed by atoms with E-state index in [2.05, 4.69) is 10.3 Å². The topological polar surface area (TPSA) is 111 Å². The smallest absolute Gasteiger partial charge is 0.271 e. The minimum atomic E-state index is -3.37. The van der Waals surface area contributed by atoms with Gasteiger partial charge in [-0.3, -0.25) is 10.1 Å². The number of nitrogens with one attached hydrogen (secondary N) is 1. The summed E-state index contributed by atoms with van der Waals surface area (Å²) in [6.45, 7) is 2.01. The molecule has 1 heterocycles. The molecule has 1 aromatic heterocycles. The summed E-state index contributed by atoms with van der Waals surface area (Å²) in [7, 11) is -3.37. The first-order valence-corrected chi connectivity index (χ1v) is 11.0. The molecule has 3 aromatic rings. The highest BCUT2D eigenvalue weighted by Gasteiger charge is 2.15. The van der Waals surface area contributed by atoms with Gasteiger partial charge in [-0.15, -0.1) is 0 Å². The molecule has 0 atom stereocenters. The number of anilines is 1. The molecule has 3 rings (SSSR count). The van der Waals surface area contributed by atoms with Gasteiger partial charge in [0.15, 0.2) is 9.84 Å². The minimum absolute atomic E-state index is 0.0841. The van der Waals surface area contributed by atoms with Gasteiger partial charge < -0.3 is 10.1 Å². The molecule has 0 aliphatic heterocycles. The average molecular weight is 448 g/mol. The van der Waals surface area contributed by atoms with E-state index in [0.29, 0.717) is 28.4 Å². The molecule has 156 valence electrons. The van der Waals surface area contributed by atoms with Crippen molar-refractivity contribution in [3.05, 3.63) is 81.0 Å². The molecule has 8 nitrogen and oxygen atoms in total. The Hall–Kier alpha value is -3.17. The number of nitro groups is 1. The Labute approximate surface area is 178 Å². The molecule has 0 fully saturated rings. The molecule has 0 aliphatic carbocycles. The second-order valence-electron chi connectivity index (χ2n) is 6.55. The zero-order valence-corrected chi connectivity index (χ0v) is 17.7. The summed E-state index contributed by atoms with van der Waals surface area (Å²) in [5.74, 6) is 0.633. The molecule has 0 saturated heterocycles. The molecule has 2 aromatic carbocycles. The minimum Gasteiger partial charge on any atom is -0.439 e. The van der Waals surface area contributed by atoms with Crippen LogP contribution in [-0.4, -0.2) is 24.6 Å². The average Bonchev–Trinajstić information content (AvgIpc) is 2.68. The number of benzene rings is 2. The van der Waals surface area contributed by atoms with Crippen LogP contribution in [0.25, 0.3) is 0 Å². The lowest BCUT2D eigenvalue weighted by molar-refractivity contribution is -0.384. The maximum atomic E-state index is 11.8. The van der Waals surface area contributed by atoms with E-state index >= 15 is 0 Å². The van der Waals surface area contributed by atoms with E-state index < -0.39 is 14.8 Å². The second kappa shape index (κ2) is 8.68. The highest BCUT2D eigenvalue weighted by molar-refractivity contribution is 7.90. The van der Waals surface area contributed by atoms with Gasteiger partial charge in [0.1, 0.15) is 5.75 Å². The quantitative estimate of drug-likeness (QED) is 0.410. The third-order valence-electron chi connectivity index (χ3n) is 4.24. The van der Waals surface area contributed by atoms with Crippen LogP contribution in [0, 0.1) is 17.0 Å². The number of ether oxygens (including phenoxy) is 1. The summed E-state index contributed by atoms with van der Waals surface area (Å²) in [6, 6.07) is 12.4. The first-order valence-electron chi connectivity index (χ1n) is 8.75. The van der Waals surface area contributed by atoms with Crippen LogP contribution in [0.2, 0.25) is 5.02 Å². The number of sulfone groups is 1. The van der Waals surface area contributed by atoms with Gasteiger partial charge in [-0.2, -0.15) is 0 Å². The number of pyridine rings is 1. The summed E-state index contributed by atoms with van der Waals surface area (Å²) >= 11 is 6.20. The van der Waals surface area contributed by atoms with Crippen molar-refractivity contribution in [1.82, 2.24) is 4.98 Å². The fourth-order valence-corrected chi connectivity index (χ4v) is 3.75. The summed E-state index contributed by atoms with van der Waals surface area (Å²) in [6.07, 6.45) is 2.68. The lowest BCUT2D eigenvalue weighted by Crippen LogP contribution is -2.05. The predicted molar refractivity (Wildman–Crippen MR) is 114 cm³/mol. The zero-order chi connectivity index (χ0) is 21.9. The Kier molecular flexibility index (Phi) is 6.23. The number of nitrogens with zero attached hydrogens (tertiary/aromatic N) is 2. The monoisotopic (exact) mass is 447 g/mol. The third kappa shape index (κ3) is 5.05. The van der Waals surface area contributed by atoms with Gasteiger partial charge in [-0.05, 0) is 36.8 Å². The maximum absolute atomic E-state index is 11.8. The van der Waals surface area contributed by atoms with Crippen LogP contribution in [0.5, 0.6) is 11.6 Å². The summed E-state index contributed by atoms with van der Waals surface area (Å²) < 4.78 is 29.3. The molecular formula is C20H18ClN3O5S. The Morgan fingerprint density at radius 3 is 2.63 bits per heavy atom. The Morgan fingerprint density at radius 1 is 1.20 bits per heavy atom. The van der Waals surface area contributed by atoms with Crippen molar-refractivity contribution in [3.8, 4) is 11.6 Å². The van der Waals surface area contributed by atoms with Gasteiger partial charge in [0.2, 0.25) is 5.88 Å². The van der Waals surface area contributed by atoms with Crippen molar-refractivity contribution >= 4 is 32.8 Å². The lowest BCUT2D eigenvalue weighted by Gasteiger charge is -2.14. The fourth-order valence-electron chi connectivity index (χ4n) is 2.77. The third-order valence-corrected chi connectivity index (χ3v) is 5.65. The van der Waals surface area contributed by atoms with Crippen molar-refractivity contribution in [2.45, 2.75) is 18.4 Å². The highest BCUT2D eigenvalue weighted by atomic mass is 35.5. The molecule has 0 saturated carbocycles. The molecule has 30 heavy (non-hydrogen) atoms. The number of rotatable bonds is 7. The molecule has 0 spiro atoms. The molecule has 10 heteroatoms. The van der Waals surface area contributed by atoms with Gasteiger partial charge in [0.05, 0.1) is 20.5 Å². The Balaban J connectivity index is 1.83. The van der Waals surface area contributed by atoms with Gasteiger partial charge in [0, 0.05) is 36.7 Å². The first-order chi connectivity index (χ1) is 14.1. The summed E-state index contributed by atoms with van der Waals surface area (Å²) in [5, 5.41) is 14.3. The van der Waals surface area contributed by atoms with Gasteiger partial charge in [0.25, 0.3) is 5.69 Å². The van der Waals surface area contributed by atoms with Crippen LogP contribution >= 0.6 is 11.6 Å². The maximum Gasteiger partial charge on any atom is 0.271 e. The number of aromatic nitrogens is 1. The number of halogens is 1. The van der Waals surface area contributed by atoms with Crippen LogP contribution in [-0.2, 0) is 16.4 Å². The first kappa shape index (κ1) is 21.5. The molecule has 0 unspecified atom stereocenters. The van der Waals surface area contributed by atoms with Gasteiger partial charge in [-0.25, -0.2) is 13.4 Å². The van der Waals surface area contributed by atoms with E-state index in [0.717, 1.165) is 6.26 Å². The van der Waals surface area contributed by atoms with E-state index in [1.165, 1.54) is 24.3 Å². The van der Waals surface area contributed by atoms with Crippen LogP contribution in [0.3, 0.4) is 0 Å². The van der Waals surface area contributed by atoms with Crippen LogP contribution < -0.4 is 10.1 Å². The lowest BCUT2D eigenvalue weighted by atomic mass is 10.1. The molecule has 0 radical (unpaired) electrons. The van der Waals surface area contributed by atoms with E-state index in [1.807, 2.05) is 0 Å². The molecule has 0 amide bonds. The zero-order valence-electron chi connectivity index (χ0n) is 16.1. The SMILES string of the molecule is Cc1cc([N+](=O)[O-])cc(Cl)c1NCc1cccnc1Oc1cccc(S(C)(=O)=O)c1. The summed E-state index contributed by atoms with van der Waals surface area (Å²) in [5.41, 5.74) is 1.80. The number of nitro benzene ring substituents is 1. The Morgan fingerprint density at radius 2 is 1.97 bits per heavy atom. The van der Waals surface area contributed by atoms with E-state index in [9.17, 15) is 18.5 Å². The van der Waals surface area contributed by atoms with Crippen molar-refractivity contribution in [2.24, 2.45) is 0 Å². The molecular weight excluding hydrogens is 430 g/mol. The van der Waals surface area contributed by atoms with Crippen molar-refractivity contribution in [2.75, 3.05) is 11.6 Å². The number of non-ortho nitro benzene ring substituents is 1. The Bertz CT molecular complexity index is 1190. The standard InChI is InChI=1S/C20H18ClN3O5S/c1-13-9-15(24(25)26)10-18(21)19(13)23-12-14-5-4-8-22-20(14)29-16-6-3-7-17(11-16)30(2,27)28/h3-11,23H,12H2,1-2H3. The van der Waals surface area contributed by atoms with E-state index in [-0.39, 0.29) is 22.2 Å². The number of aryl methyl sites for hydroxylation is 1. The second-order valence-corrected chi connectivity index (χ2v) is 8.97. The van der Waals surface area contributed by atoms with Crippen molar-refractivity contribution in [1.29, 1.82) is 0 Å². The fraction of sp³-hybridized carbons (Fsp3) is 0.150. The van der Waals surface area contributed by atoms with Gasteiger partial charge in [-0.1, -0.05) is 23.7 Å². The van der Waals surface area contributed by atoms with Gasteiger partial charge >= 0.3 is 0 Å². The highest BCUT2D eigenvalue weighted by Crippen LogP contribution is 2.32. The van der Waals surface area contributed by atoms with Crippen LogP contribution in [0.4, 0.5) is 11.4 Å². The molecule has 0 aliphatic rings. The van der Waals surface area contributed by atoms with E-state index in [4.69, 9.17) is 16.3 Å². The van der Waals surface area contributed by atoms with Crippen LogP contribution in [0.1, 0.15) is 11.1 Å². The number of hydrogen-bond acceptors (Lipinski definition) is 7. The largest absolute Gasteiger partial charge is 0.439 e.